The van der Waals surface area contributed by atoms with Crippen molar-refractivity contribution in [2.75, 3.05) is 0 Å². The fourth-order valence-corrected chi connectivity index (χ4v) is 2.14. The fraction of sp³-hybridized carbons (Fsp3) is 0.444. The Morgan fingerprint density at radius 1 is 1.33 bits per heavy atom. The minimum atomic E-state index is -4.38. The maximum Gasteiger partial charge on any atom is 0.433 e. The zero-order valence-corrected chi connectivity index (χ0v) is 9.09. The number of alkyl halides is 3. The van der Waals surface area contributed by atoms with Crippen molar-refractivity contribution in [3.63, 3.8) is 0 Å². The summed E-state index contributed by atoms with van der Waals surface area (Å²) < 4.78 is 37.2. The van der Waals surface area contributed by atoms with Gasteiger partial charge in [-0.25, -0.2) is 4.98 Å². The molecule has 1 aliphatic rings. The number of rotatable bonds is 2. The lowest BCUT2D eigenvalue weighted by atomic mass is 10.2. The second kappa shape index (κ2) is 3.87. The van der Waals surface area contributed by atoms with Gasteiger partial charge in [-0.3, -0.25) is 0 Å². The summed E-state index contributed by atoms with van der Waals surface area (Å²) in [6.45, 7) is 0. The Morgan fingerprint density at radius 2 is 2.00 bits per heavy atom. The minimum Gasteiger partial charge on any atom is -0.247 e. The standard InChI is InChI=1S/C9H7ClF3NS/c10-15-6-3-4-7(9(11,12)13)14-8(6)5-1-2-5/h3-5H,1-2H2. The maximum absolute atomic E-state index is 12.4. The van der Waals surface area contributed by atoms with Crippen molar-refractivity contribution in [2.24, 2.45) is 0 Å². The summed E-state index contributed by atoms with van der Waals surface area (Å²) in [5.41, 5.74) is -0.344. The molecule has 0 N–H and O–H groups in total. The normalized spacial score (nSPS) is 16.8. The third-order valence-electron chi connectivity index (χ3n) is 2.22. The first kappa shape index (κ1) is 11.1. The molecule has 0 unspecified atom stereocenters. The van der Waals surface area contributed by atoms with Crippen molar-refractivity contribution in [3.8, 4) is 0 Å². The molecular formula is C9H7ClF3NS. The Bertz CT molecular complexity index is 376. The molecule has 1 fully saturated rings. The molecule has 0 aromatic carbocycles. The third kappa shape index (κ3) is 2.39. The van der Waals surface area contributed by atoms with Crippen molar-refractivity contribution in [2.45, 2.75) is 29.8 Å². The Kier molecular flexibility index (Phi) is 2.85. The van der Waals surface area contributed by atoms with E-state index in [4.69, 9.17) is 10.7 Å². The largest absolute Gasteiger partial charge is 0.433 e. The van der Waals surface area contributed by atoms with E-state index in [0.29, 0.717) is 10.6 Å². The third-order valence-corrected chi connectivity index (χ3v) is 3.23. The van der Waals surface area contributed by atoms with Gasteiger partial charge >= 0.3 is 6.18 Å². The van der Waals surface area contributed by atoms with E-state index in [-0.39, 0.29) is 5.92 Å². The highest BCUT2D eigenvalue weighted by atomic mass is 35.7. The molecule has 0 bridgehead atoms. The van der Waals surface area contributed by atoms with Crippen LogP contribution in [0.3, 0.4) is 0 Å². The second-order valence-corrected chi connectivity index (χ2v) is 4.49. The molecular weight excluding hydrogens is 247 g/mol. The van der Waals surface area contributed by atoms with Gasteiger partial charge in [-0.2, -0.15) is 13.2 Å². The quantitative estimate of drug-likeness (QED) is 0.783. The van der Waals surface area contributed by atoms with Gasteiger partial charge in [-0.05, 0) is 46.6 Å². The number of hydrogen-bond acceptors (Lipinski definition) is 2. The van der Waals surface area contributed by atoms with E-state index in [0.717, 1.165) is 29.9 Å². The van der Waals surface area contributed by atoms with Gasteiger partial charge < -0.3 is 0 Å². The number of halogens is 4. The average molecular weight is 254 g/mol. The van der Waals surface area contributed by atoms with Gasteiger partial charge in [0.05, 0.1) is 5.69 Å². The monoisotopic (exact) mass is 253 g/mol. The molecule has 82 valence electrons. The van der Waals surface area contributed by atoms with Crippen LogP contribution in [0.1, 0.15) is 30.1 Å². The Labute approximate surface area is 93.5 Å². The van der Waals surface area contributed by atoms with E-state index in [2.05, 4.69) is 4.98 Å². The lowest BCUT2D eigenvalue weighted by molar-refractivity contribution is -0.141. The predicted molar refractivity (Wildman–Crippen MR) is 52.9 cm³/mol. The van der Waals surface area contributed by atoms with E-state index in [1.165, 1.54) is 6.07 Å². The number of hydrogen-bond donors (Lipinski definition) is 0. The molecule has 1 heterocycles. The Hall–Kier alpha value is -0.420. The first-order valence-electron chi connectivity index (χ1n) is 4.39. The number of aromatic nitrogens is 1. The molecule has 15 heavy (non-hydrogen) atoms. The highest BCUT2D eigenvalue weighted by molar-refractivity contribution is 8.21. The summed E-state index contributed by atoms with van der Waals surface area (Å²) in [5.74, 6) is 0.161. The van der Waals surface area contributed by atoms with Crippen LogP contribution in [0.25, 0.3) is 0 Å². The number of pyridine rings is 1. The first-order chi connectivity index (χ1) is 7.02. The molecule has 1 aliphatic carbocycles. The van der Waals surface area contributed by atoms with Gasteiger partial charge in [-0.1, -0.05) is 0 Å². The highest BCUT2D eigenvalue weighted by Crippen LogP contribution is 2.44. The van der Waals surface area contributed by atoms with E-state index in [1.807, 2.05) is 0 Å². The van der Waals surface area contributed by atoms with Crippen LogP contribution < -0.4 is 0 Å². The zero-order valence-electron chi connectivity index (χ0n) is 7.51. The zero-order chi connectivity index (χ0) is 11.1. The molecule has 6 heteroatoms. The molecule has 0 saturated heterocycles. The van der Waals surface area contributed by atoms with Crippen LogP contribution >= 0.6 is 21.7 Å². The van der Waals surface area contributed by atoms with Crippen LogP contribution in [0.2, 0.25) is 0 Å². The van der Waals surface area contributed by atoms with Crippen molar-refractivity contribution >= 4 is 21.7 Å². The van der Waals surface area contributed by atoms with Gasteiger partial charge in [0, 0.05) is 10.8 Å². The van der Waals surface area contributed by atoms with Gasteiger partial charge in [0.2, 0.25) is 0 Å². The maximum atomic E-state index is 12.4. The molecule has 0 amide bonds. The van der Waals surface area contributed by atoms with Crippen LogP contribution in [-0.2, 0) is 6.18 Å². The topological polar surface area (TPSA) is 12.9 Å². The summed E-state index contributed by atoms with van der Waals surface area (Å²) >= 11 is 0. The van der Waals surface area contributed by atoms with Crippen LogP contribution in [0.15, 0.2) is 17.0 Å². The number of nitrogens with zero attached hydrogens (tertiary/aromatic N) is 1. The van der Waals surface area contributed by atoms with Gasteiger partial charge in [0.15, 0.2) is 0 Å². The van der Waals surface area contributed by atoms with Crippen LogP contribution in [0.5, 0.6) is 0 Å². The van der Waals surface area contributed by atoms with Crippen LogP contribution in [0.4, 0.5) is 13.2 Å². The van der Waals surface area contributed by atoms with Gasteiger partial charge in [0.1, 0.15) is 5.69 Å². The second-order valence-electron chi connectivity index (χ2n) is 3.43. The smallest absolute Gasteiger partial charge is 0.247 e. The summed E-state index contributed by atoms with van der Waals surface area (Å²) in [4.78, 5) is 4.28. The van der Waals surface area contributed by atoms with E-state index >= 15 is 0 Å². The minimum absolute atomic E-state index is 0.161. The molecule has 2 rings (SSSR count). The first-order valence-corrected chi connectivity index (χ1v) is 6.03. The van der Waals surface area contributed by atoms with Crippen LogP contribution in [0, 0.1) is 0 Å². The molecule has 1 aromatic heterocycles. The molecule has 0 radical (unpaired) electrons. The summed E-state index contributed by atoms with van der Waals surface area (Å²) in [7, 11) is 6.49. The lowest BCUT2D eigenvalue weighted by Gasteiger charge is -2.09. The summed E-state index contributed by atoms with van der Waals surface area (Å²) in [5, 5.41) is 0. The Balaban J connectivity index is 2.40. The molecule has 0 aliphatic heterocycles. The Morgan fingerprint density at radius 3 is 2.47 bits per heavy atom. The van der Waals surface area contributed by atoms with Crippen molar-refractivity contribution in [1.29, 1.82) is 0 Å². The molecule has 1 aromatic rings. The van der Waals surface area contributed by atoms with Crippen molar-refractivity contribution < 1.29 is 13.2 Å². The summed E-state index contributed by atoms with van der Waals surface area (Å²) in [6, 6.07) is 2.36. The van der Waals surface area contributed by atoms with E-state index in [9.17, 15) is 13.2 Å². The molecule has 1 saturated carbocycles. The van der Waals surface area contributed by atoms with Gasteiger partial charge in [0.25, 0.3) is 0 Å². The van der Waals surface area contributed by atoms with Crippen LogP contribution in [-0.4, -0.2) is 4.98 Å². The van der Waals surface area contributed by atoms with E-state index < -0.39 is 11.9 Å². The fourth-order valence-electron chi connectivity index (χ4n) is 1.33. The van der Waals surface area contributed by atoms with Gasteiger partial charge in [-0.15, -0.1) is 0 Å². The van der Waals surface area contributed by atoms with E-state index in [1.54, 1.807) is 0 Å². The predicted octanol–water partition coefficient (Wildman–Crippen LogP) is 4.22. The summed E-state index contributed by atoms with van der Waals surface area (Å²) in [6.07, 6.45) is -2.57. The van der Waals surface area contributed by atoms with Crippen molar-refractivity contribution in [1.82, 2.24) is 4.98 Å². The average Bonchev–Trinajstić information content (AvgIpc) is 2.98. The molecule has 0 spiro atoms. The molecule has 1 nitrogen and oxygen atoms in total. The lowest BCUT2D eigenvalue weighted by Crippen LogP contribution is -2.09. The van der Waals surface area contributed by atoms with Crippen molar-refractivity contribution in [3.05, 3.63) is 23.5 Å². The SMILES string of the molecule is FC(F)(F)c1ccc(SCl)c(C2CC2)n1. The highest BCUT2D eigenvalue weighted by Gasteiger charge is 2.35. The molecule has 0 atom stereocenters.